The van der Waals surface area contributed by atoms with E-state index in [2.05, 4.69) is 29.4 Å². The Morgan fingerprint density at radius 2 is 2.44 bits per heavy atom. The standard InChI is InChI=1S/C11H16N4O2S/c1-7(2)4-15-5-8(3-9(15)16)10(17)13-11-14-12-6-18-11/h6-8H,3-5H2,1-2H3,(H,13,14,17)/t8-/m0/s1. The highest BCUT2D eigenvalue weighted by Crippen LogP contribution is 2.21. The van der Waals surface area contributed by atoms with Crippen molar-refractivity contribution in [1.82, 2.24) is 15.1 Å². The van der Waals surface area contributed by atoms with Crippen LogP contribution in [0.4, 0.5) is 5.13 Å². The Hall–Kier alpha value is -1.50. The molecule has 0 aliphatic carbocycles. The first-order valence-electron chi connectivity index (χ1n) is 5.91. The molecule has 2 rings (SSSR count). The molecule has 6 nitrogen and oxygen atoms in total. The first-order valence-corrected chi connectivity index (χ1v) is 6.79. The molecule has 1 aliphatic rings. The van der Waals surface area contributed by atoms with E-state index in [1.807, 2.05) is 0 Å². The van der Waals surface area contributed by atoms with Gasteiger partial charge in [-0.3, -0.25) is 9.59 Å². The van der Waals surface area contributed by atoms with E-state index in [1.54, 1.807) is 10.4 Å². The minimum atomic E-state index is -0.278. The van der Waals surface area contributed by atoms with Crippen molar-refractivity contribution in [3.8, 4) is 0 Å². The van der Waals surface area contributed by atoms with Crippen LogP contribution in [-0.4, -0.2) is 40.0 Å². The van der Waals surface area contributed by atoms with Gasteiger partial charge < -0.3 is 10.2 Å². The van der Waals surface area contributed by atoms with Crippen LogP contribution in [0.1, 0.15) is 20.3 Å². The second kappa shape index (κ2) is 5.43. The maximum absolute atomic E-state index is 11.9. The quantitative estimate of drug-likeness (QED) is 0.883. The molecule has 18 heavy (non-hydrogen) atoms. The van der Waals surface area contributed by atoms with Gasteiger partial charge in [-0.05, 0) is 5.92 Å². The van der Waals surface area contributed by atoms with Gasteiger partial charge in [0.2, 0.25) is 16.9 Å². The highest BCUT2D eigenvalue weighted by molar-refractivity contribution is 7.13. The van der Waals surface area contributed by atoms with Gasteiger partial charge in [-0.2, -0.15) is 0 Å². The first kappa shape index (κ1) is 12.9. The summed E-state index contributed by atoms with van der Waals surface area (Å²) in [4.78, 5) is 25.4. The third-order valence-corrected chi connectivity index (χ3v) is 3.37. The minimum absolute atomic E-state index is 0.0566. The lowest BCUT2D eigenvalue weighted by molar-refractivity contribution is -0.128. The van der Waals surface area contributed by atoms with Crippen LogP contribution >= 0.6 is 11.3 Å². The van der Waals surface area contributed by atoms with E-state index >= 15 is 0 Å². The second-order valence-electron chi connectivity index (χ2n) is 4.83. The summed E-state index contributed by atoms with van der Waals surface area (Å²) < 4.78 is 0. The van der Waals surface area contributed by atoms with Crippen molar-refractivity contribution in [2.45, 2.75) is 20.3 Å². The molecule has 0 saturated carbocycles. The Morgan fingerprint density at radius 3 is 3.06 bits per heavy atom. The number of carbonyl (C=O) groups excluding carboxylic acids is 2. The summed E-state index contributed by atoms with van der Waals surface area (Å²) in [7, 11) is 0. The van der Waals surface area contributed by atoms with Crippen LogP contribution in [0.3, 0.4) is 0 Å². The summed E-state index contributed by atoms with van der Waals surface area (Å²) in [5.41, 5.74) is 1.56. The van der Waals surface area contributed by atoms with Crippen LogP contribution in [-0.2, 0) is 9.59 Å². The van der Waals surface area contributed by atoms with Gasteiger partial charge in [0.25, 0.3) is 0 Å². The molecule has 2 heterocycles. The van der Waals surface area contributed by atoms with Crippen molar-refractivity contribution in [2.24, 2.45) is 11.8 Å². The van der Waals surface area contributed by atoms with E-state index in [-0.39, 0.29) is 24.2 Å². The fourth-order valence-electron chi connectivity index (χ4n) is 2.00. The minimum Gasteiger partial charge on any atom is -0.342 e. The predicted molar refractivity (Wildman–Crippen MR) is 68.1 cm³/mol. The van der Waals surface area contributed by atoms with Crippen molar-refractivity contribution in [3.63, 3.8) is 0 Å². The molecule has 1 atom stereocenters. The number of hydrogen-bond acceptors (Lipinski definition) is 5. The number of anilines is 1. The lowest BCUT2D eigenvalue weighted by Crippen LogP contribution is -2.31. The zero-order valence-corrected chi connectivity index (χ0v) is 11.2. The summed E-state index contributed by atoms with van der Waals surface area (Å²) in [5, 5.41) is 10.6. The zero-order valence-electron chi connectivity index (χ0n) is 10.4. The Kier molecular flexibility index (Phi) is 3.90. The van der Waals surface area contributed by atoms with Crippen molar-refractivity contribution in [2.75, 3.05) is 18.4 Å². The molecular weight excluding hydrogens is 252 g/mol. The van der Waals surface area contributed by atoms with Crippen LogP contribution in [0.5, 0.6) is 0 Å². The number of likely N-dealkylation sites (tertiary alicyclic amines) is 1. The first-order chi connectivity index (χ1) is 8.56. The van der Waals surface area contributed by atoms with Crippen LogP contribution in [0.25, 0.3) is 0 Å². The summed E-state index contributed by atoms with van der Waals surface area (Å²) >= 11 is 1.27. The topological polar surface area (TPSA) is 75.2 Å². The summed E-state index contributed by atoms with van der Waals surface area (Å²) in [5.74, 6) is 0.0477. The van der Waals surface area contributed by atoms with Gasteiger partial charge in [0.15, 0.2) is 0 Å². The SMILES string of the molecule is CC(C)CN1C[C@@H](C(=O)Nc2nncs2)CC1=O. The molecule has 1 N–H and O–H groups in total. The molecule has 98 valence electrons. The molecule has 1 saturated heterocycles. The number of nitrogens with one attached hydrogen (secondary N) is 1. The van der Waals surface area contributed by atoms with Gasteiger partial charge in [-0.1, -0.05) is 25.2 Å². The predicted octanol–water partition coefficient (Wildman–Crippen LogP) is 0.981. The van der Waals surface area contributed by atoms with Crippen molar-refractivity contribution < 1.29 is 9.59 Å². The number of nitrogens with zero attached hydrogens (tertiary/aromatic N) is 3. The van der Waals surface area contributed by atoms with E-state index in [9.17, 15) is 9.59 Å². The molecule has 0 aromatic carbocycles. The number of hydrogen-bond donors (Lipinski definition) is 1. The third kappa shape index (κ3) is 3.04. The van der Waals surface area contributed by atoms with Crippen LogP contribution < -0.4 is 5.32 Å². The second-order valence-corrected chi connectivity index (χ2v) is 5.66. The highest BCUT2D eigenvalue weighted by Gasteiger charge is 2.34. The smallest absolute Gasteiger partial charge is 0.231 e. The average Bonchev–Trinajstić information content (AvgIpc) is 2.89. The van der Waals surface area contributed by atoms with Gasteiger partial charge in [0, 0.05) is 19.5 Å². The van der Waals surface area contributed by atoms with Crippen molar-refractivity contribution >= 4 is 28.3 Å². The number of rotatable bonds is 4. The van der Waals surface area contributed by atoms with E-state index in [4.69, 9.17) is 0 Å². The highest BCUT2D eigenvalue weighted by atomic mass is 32.1. The number of amides is 2. The van der Waals surface area contributed by atoms with Crippen molar-refractivity contribution in [1.29, 1.82) is 0 Å². The summed E-state index contributed by atoms with van der Waals surface area (Å²) in [6.45, 7) is 5.33. The maximum atomic E-state index is 11.9. The Balaban J connectivity index is 1.91. The van der Waals surface area contributed by atoms with Gasteiger partial charge in [0.05, 0.1) is 5.92 Å². The lowest BCUT2D eigenvalue weighted by Gasteiger charge is -2.18. The van der Waals surface area contributed by atoms with E-state index in [0.29, 0.717) is 24.1 Å². The van der Waals surface area contributed by atoms with Gasteiger partial charge >= 0.3 is 0 Å². The Bertz CT molecular complexity index is 432. The lowest BCUT2D eigenvalue weighted by atomic mass is 10.1. The van der Waals surface area contributed by atoms with Crippen LogP contribution in [0, 0.1) is 11.8 Å². The zero-order chi connectivity index (χ0) is 13.1. The van der Waals surface area contributed by atoms with Crippen LogP contribution in [0.15, 0.2) is 5.51 Å². The normalized spacial score (nSPS) is 19.6. The molecule has 0 unspecified atom stereocenters. The van der Waals surface area contributed by atoms with Gasteiger partial charge in [-0.25, -0.2) is 0 Å². The fourth-order valence-corrected chi connectivity index (χ4v) is 2.45. The summed E-state index contributed by atoms with van der Waals surface area (Å²) in [6, 6.07) is 0. The van der Waals surface area contributed by atoms with Crippen LogP contribution in [0.2, 0.25) is 0 Å². The Labute approximate surface area is 109 Å². The van der Waals surface area contributed by atoms with Gasteiger partial charge in [0.1, 0.15) is 5.51 Å². The maximum Gasteiger partial charge on any atom is 0.231 e. The molecule has 1 fully saturated rings. The molecule has 1 aromatic heterocycles. The molecule has 1 aliphatic heterocycles. The van der Waals surface area contributed by atoms with E-state index < -0.39 is 0 Å². The molecular formula is C11H16N4O2S. The average molecular weight is 268 g/mol. The molecule has 2 amide bonds. The molecule has 0 spiro atoms. The monoisotopic (exact) mass is 268 g/mol. The van der Waals surface area contributed by atoms with E-state index in [1.165, 1.54) is 11.3 Å². The summed E-state index contributed by atoms with van der Waals surface area (Å²) in [6.07, 6.45) is 0.289. The Morgan fingerprint density at radius 1 is 1.67 bits per heavy atom. The fraction of sp³-hybridized carbons (Fsp3) is 0.636. The number of carbonyl (C=O) groups is 2. The number of aromatic nitrogens is 2. The molecule has 1 aromatic rings. The van der Waals surface area contributed by atoms with Crippen molar-refractivity contribution in [3.05, 3.63) is 5.51 Å². The van der Waals surface area contributed by atoms with E-state index in [0.717, 1.165) is 0 Å². The molecule has 7 heteroatoms. The largest absolute Gasteiger partial charge is 0.342 e. The van der Waals surface area contributed by atoms with Gasteiger partial charge in [-0.15, -0.1) is 10.2 Å². The molecule has 0 radical (unpaired) electrons. The third-order valence-electron chi connectivity index (χ3n) is 2.76. The molecule has 0 bridgehead atoms.